The van der Waals surface area contributed by atoms with Gasteiger partial charge in [0.05, 0.1) is 12.8 Å². The van der Waals surface area contributed by atoms with Crippen LogP contribution in [0.1, 0.15) is 26.7 Å². The zero-order valence-corrected chi connectivity index (χ0v) is 12.6. The van der Waals surface area contributed by atoms with Gasteiger partial charge in [-0.15, -0.1) is 0 Å². The Morgan fingerprint density at radius 3 is 2.45 bits per heavy atom. The van der Waals surface area contributed by atoms with E-state index in [0.29, 0.717) is 6.21 Å². The molecule has 0 aromatic carbocycles. The minimum absolute atomic E-state index is 0.0435. The van der Waals surface area contributed by atoms with Gasteiger partial charge in [0.25, 0.3) is 0 Å². The maximum Gasteiger partial charge on any atom is 0.328 e. The largest absolute Gasteiger partial charge is 0.464 e. The van der Waals surface area contributed by atoms with Crippen LogP contribution in [-0.4, -0.2) is 52.2 Å². The van der Waals surface area contributed by atoms with Gasteiger partial charge in [-0.2, -0.15) is 0 Å². The number of carbonyl (C=O) groups excluding carboxylic acids is 3. The van der Waals surface area contributed by atoms with Crippen LogP contribution in [0.3, 0.4) is 0 Å². The molecule has 0 aliphatic heterocycles. The smallest absolute Gasteiger partial charge is 0.328 e. The Labute approximate surface area is 120 Å². The van der Waals surface area contributed by atoms with Gasteiger partial charge in [-0.05, 0) is 20.3 Å². The van der Waals surface area contributed by atoms with Crippen LogP contribution in [0.4, 0.5) is 0 Å². The maximum absolute atomic E-state index is 11.8. The fraction of sp³-hybridized carbons (Fsp3) is 0.667. The second-order valence-corrected chi connectivity index (χ2v) is 5.81. The molecule has 1 unspecified atom stereocenters. The van der Waals surface area contributed by atoms with Crippen molar-refractivity contribution >= 4 is 34.7 Å². The summed E-state index contributed by atoms with van der Waals surface area (Å²) in [4.78, 5) is 34.5. The van der Waals surface area contributed by atoms with Gasteiger partial charge in [-0.1, -0.05) is 0 Å². The molecule has 0 radical (unpaired) electrons. The first-order valence-corrected chi connectivity index (χ1v) is 7.78. The summed E-state index contributed by atoms with van der Waals surface area (Å²) in [5.74, 6) is -1.63. The van der Waals surface area contributed by atoms with Crippen molar-refractivity contribution in [3.63, 3.8) is 0 Å². The minimum atomic E-state index is -1.36. The molecule has 0 aromatic rings. The van der Waals surface area contributed by atoms with Gasteiger partial charge in [0.15, 0.2) is 5.78 Å². The van der Waals surface area contributed by atoms with Gasteiger partial charge in [0, 0.05) is 23.5 Å². The summed E-state index contributed by atoms with van der Waals surface area (Å²) >= 11 is 0. The summed E-state index contributed by atoms with van der Waals surface area (Å²) < 4.78 is 16.0. The molecule has 0 rings (SSSR count). The first-order valence-electron chi connectivity index (χ1n) is 6.16. The Balaban J connectivity index is 4.71. The van der Waals surface area contributed by atoms with E-state index in [1.807, 2.05) is 0 Å². The molecule has 0 saturated heterocycles. The number of esters is 1. The highest BCUT2D eigenvalue weighted by Crippen LogP contribution is 2.03. The molecular weight excluding hydrogens is 284 g/mol. The minimum Gasteiger partial charge on any atom is -0.464 e. The van der Waals surface area contributed by atoms with E-state index < -0.39 is 39.8 Å². The average molecular weight is 304 g/mol. The topological polar surface area (TPSA) is 113 Å². The van der Waals surface area contributed by atoms with Gasteiger partial charge >= 0.3 is 5.97 Å². The molecule has 0 spiro atoms. The highest BCUT2D eigenvalue weighted by atomic mass is 32.2. The van der Waals surface area contributed by atoms with E-state index in [1.54, 1.807) is 6.92 Å². The highest BCUT2D eigenvalue weighted by molar-refractivity contribution is 7.85. The monoisotopic (exact) mass is 304 g/mol. The van der Waals surface area contributed by atoms with Crippen molar-refractivity contribution in [2.45, 2.75) is 38.0 Å². The van der Waals surface area contributed by atoms with Crippen molar-refractivity contribution in [1.29, 1.82) is 5.41 Å². The summed E-state index contributed by atoms with van der Waals surface area (Å²) in [5.41, 5.74) is 0. The van der Waals surface area contributed by atoms with Crippen molar-refractivity contribution in [2.24, 2.45) is 0 Å². The van der Waals surface area contributed by atoms with Crippen molar-refractivity contribution < 1.29 is 23.3 Å². The van der Waals surface area contributed by atoms with Crippen LogP contribution in [0.5, 0.6) is 0 Å². The van der Waals surface area contributed by atoms with E-state index in [0.717, 1.165) is 0 Å². The molecule has 0 saturated carbocycles. The maximum atomic E-state index is 11.8. The zero-order chi connectivity index (χ0) is 15.7. The fourth-order valence-electron chi connectivity index (χ4n) is 1.29. The molecule has 0 heterocycles. The fourth-order valence-corrected chi connectivity index (χ4v) is 1.66. The first kappa shape index (κ1) is 18.4. The van der Waals surface area contributed by atoms with Gasteiger partial charge in [0.1, 0.15) is 11.3 Å². The number of rotatable bonds is 9. The Kier molecular flexibility index (Phi) is 8.62. The lowest BCUT2D eigenvalue weighted by molar-refractivity contribution is -0.147. The lowest BCUT2D eigenvalue weighted by atomic mass is 10.1. The van der Waals surface area contributed by atoms with Gasteiger partial charge < -0.3 is 15.5 Å². The van der Waals surface area contributed by atoms with Crippen LogP contribution in [0.2, 0.25) is 0 Å². The lowest BCUT2D eigenvalue weighted by Crippen LogP contribution is -2.46. The quantitative estimate of drug-likeness (QED) is 0.452. The predicted octanol–water partition coefficient (Wildman–Crippen LogP) is -0.200. The molecule has 1 amide bonds. The lowest BCUT2D eigenvalue weighted by Gasteiger charge is -2.18. The first-order chi connectivity index (χ1) is 9.33. The van der Waals surface area contributed by atoms with E-state index in [2.05, 4.69) is 5.32 Å². The molecule has 0 bridgehead atoms. The van der Waals surface area contributed by atoms with E-state index in [1.165, 1.54) is 13.2 Å². The van der Waals surface area contributed by atoms with E-state index in [9.17, 15) is 18.6 Å². The van der Waals surface area contributed by atoms with E-state index >= 15 is 0 Å². The molecule has 0 fully saturated rings. The molecular formula is C12H20N2O5S. The normalized spacial score (nSPS) is 14.8. The SMILES string of the molecule is CCOC(=O)[C@H](CCC(=O)C=N)NC(=O)[C@H](C)S(C)=O. The van der Waals surface area contributed by atoms with Crippen LogP contribution < -0.4 is 5.32 Å². The van der Waals surface area contributed by atoms with Crippen molar-refractivity contribution in [2.75, 3.05) is 12.9 Å². The summed E-state index contributed by atoms with van der Waals surface area (Å²) in [5, 5.41) is 8.46. The molecule has 0 aliphatic carbocycles. The third-order valence-corrected chi connectivity index (χ3v) is 3.80. The molecule has 8 heteroatoms. The standard InChI is InChI=1S/C12H20N2O5S/c1-4-19-12(17)10(6-5-9(15)7-13)14-11(16)8(2)20(3)18/h7-8,10,13H,4-6H2,1-3H3,(H,14,16)/t8-,10-,20?/m0/s1. The van der Waals surface area contributed by atoms with Crippen molar-refractivity contribution in [3.05, 3.63) is 0 Å². The summed E-state index contributed by atoms with van der Waals surface area (Å²) in [7, 11) is -1.36. The molecule has 0 aromatic heterocycles. The third kappa shape index (κ3) is 6.55. The molecule has 114 valence electrons. The Morgan fingerprint density at radius 1 is 1.40 bits per heavy atom. The zero-order valence-electron chi connectivity index (χ0n) is 11.8. The Morgan fingerprint density at radius 2 is 2.00 bits per heavy atom. The van der Waals surface area contributed by atoms with Crippen LogP contribution >= 0.6 is 0 Å². The van der Waals surface area contributed by atoms with Crippen LogP contribution in [0.15, 0.2) is 0 Å². The number of carbonyl (C=O) groups is 3. The molecule has 2 N–H and O–H groups in total. The number of hydrogen-bond donors (Lipinski definition) is 2. The van der Waals surface area contributed by atoms with Gasteiger partial charge in [-0.3, -0.25) is 13.8 Å². The molecule has 7 nitrogen and oxygen atoms in total. The van der Waals surface area contributed by atoms with Crippen LogP contribution in [-0.2, 0) is 29.9 Å². The highest BCUT2D eigenvalue weighted by Gasteiger charge is 2.26. The second-order valence-electron chi connectivity index (χ2n) is 4.10. The number of ketones is 1. The number of hydrogen-bond acceptors (Lipinski definition) is 6. The molecule has 0 aliphatic rings. The van der Waals surface area contributed by atoms with Crippen LogP contribution in [0, 0.1) is 5.41 Å². The second kappa shape index (κ2) is 9.35. The predicted molar refractivity (Wildman–Crippen MR) is 75.1 cm³/mol. The average Bonchev–Trinajstić information content (AvgIpc) is 2.41. The summed E-state index contributed by atoms with van der Waals surface area (Å²) in [6.45, 7) is 3.26. The summed E-state index contributed by atoms with van der Waals surface area (Å²) in [6.07, 6.45) is 2.05. The van der Waals surface area contributed by atoms with E-state index in [4.69, 9.17) is 10.1 Å². The van der Waals surface area contributed by atoms with Crippen molar-refractivity contribution in [1.82, 2.24) is 5.32 Å². The Bertz CT molecular complexity index is 411. The molecule has 20 heavy (non-hydrogen) atoms. The number of ether oxygens (including phenoxy) is 1. The Hall–Kier alpha value is -1.57. The summed E-state index contributed by atoms with van der Waals surface area (Å²) in [6, 6.07) is -0.975. The number of Topliss-reactive ketones (excluding diaryl/α,β-unsaturated/α-hetero) is 1. The van der Waals surface area contributed by atoms with E-state index in [-0.39, 0.29) is 19.4 Å². The van der Waals surface area contributed by atoms with Crippen molar-refractivity contribution in [3.8, 4) is 0 Å². The third-order valence-electron chi connectivity index (χ3n) is 2.60. The van der Waals surface area contributed by atoms with Gasteiger partial charge in [0.2, 0.25) is 5.91 Å². The van der Waals surface area contributed by atoms with Crippen LogP contribution in [0.25, 0.3) is 0 Å². The number of nitrogens with one attached hydrogen (secondary N) is 2. The molecule has 3 atom stereocenters. The van der Waals surface area contributed by atoms with Gasteiger partial charge in [-0.25, -0.2) is 4.79 Å². The number of amides is 1.